The summed E-state index contributed by atoms with van der Waals surface area (Å²) in [6.45, 7) is 2.96. The van der Waals surface area contributed by atoms with Gasteiger partial charge in [0.25, 0.3) is 5.17 Å². The van der Waals surface area contributed by atoms with E-state index in [1.54, 1.807) is 28.0 Å². The summed E-state index contributed by atoms with van der Waals surface area (Å²) in [4.78, 5) is 28.1. The van der Waals surface area contributed by atoms with E-state index in [1.165, 1.54) is 18.1 Å². The standard InChI is InChI=1S/C22H28FN7O4S/c1-33-21(35)24-14-17-15-29(22(32)34-17)16-3-4-19(18(23)13-16)27-10-7-26-30(12-11-27)20(31)5-9-28-8-2-6-25-28/h2-4,6,8,13,17,26H,5,7,9-12,14-15H2,1H3,(H,24,35)/t17-/m0/s1. The zero-order chi connectivity index (χ0) is 24.8. The Labute approximate surface area is 207 Å². The largest absolute Gasteiger partial charge is 0.474 e. The lowest BCUT2D eigenvalue weighted by molar-refractivity contribution is -0.134. The van der Waals surface area contributed by atoms with Crippen LogP contribution in [0.5, 0.6) is 0 Å². The molecule has 0 spiro atoms. The van der Waals surface area contributed by atoms with Gasteiger partial charge in [-0.2, -0.15) is 5.10 Å². The number of thiocarbonyl (C=S) groups is 1. The van der Waals surface area contributed by atoms with Crippen LogP contribution in [0.4, 0.5) is 20.6 Å². The van der Waals surface area contributed by atoms with Crippen LogP contribution in [0.1, 0.15) is 6.42 Å². The summed E-state index contributed by atoms with van der Waals surface area (Å²) >= 11 is 4.93. The lowest BCUT2D eigenvalue weighted by Gasteiger charge is -2.24. The van der Waals surface area contributed by atoms with Gasteiger partial charge in [-0.05, 0) is 36.5 Å². The average molecular weight is 506 g/mol. The zero-order valence-corrected chi connectivity index (χ0v) is 20.2. The molecular weight excluding hydrogens is 477 g/mol. The van der Waals surface area contributed by atoms with Crippen LogP contribution in [0.2, 0.25) is 0 Å². The van der Waals surface area contributed by atoms with Crippen molar-refractivity contribution in [2.45, 2.75) is 19.1 Å². The lowest BCUT2D eigenvalue weighted by atomic mass is 10.2. The number of aryl methyl sites for hydroxylation is 1. The number of benzene rings is 1. The highest BCUT2D eigenvalue weighted by molar-refractivity contribution is 7.80. The first-order valence-corrected chi connectivity index (χ1v) is 11.7. The molecule has 2 N–H and O–H groups in total. The Morgan fingerprint density at radius 3 is 2.97 bits per heavy atom. The smallest absolute Gasteiger partial charge is 0.414 e. The van der Waals surface area contributed by atoms with E-state index in [9.17, 15) is 9.59 Å². The molecule has 2 saturated heterocycles. The summed E-state index contributed by atoms with van der Waals surface area (Å²) in [5, 5.41) is 8.75. The first-order valence-electron chi connectivity index (χ1n) is 11.3. The van der Waals surface area contributed by atoms with E-state index < -0.39 is 18.0 Å². The molecule has 0 aliphatic carbocycles. The second-order valence-corrected chi connectivity index (χ2v) is 8.46. The Hall–Kier alpha value is -3.45. The molecular formula is C22H28FN7O4S. The first-order chi connectivity index (χ1) is 16.9. The van der Waals surface area contributed by atoms with E-state index in [2.05, 4.69) is 15.8 Å². The molecule has 35 heavy (non-hydrogen) atoms. The number of methoxy groups -OCH3 is 1. The molecule has 2 aromatic rings. The minimum absolute atomic E-state index is 0.0407. The van der Waals surface area contributed by atoms with Crippen LogP contribution in [-0.2, 0) is 20.8 Å². The van der Waals surface area contributed by atoms with Crippen molar-refractivity contribution in [2.75, 3.05) is 56.2 Å². The molecule has 11 nitrogen and oxygen atoms in total. The molecule has 1 aromatic carbocycles. The van der Waals surface area contributed by atoms with Crippen LogP contribution in [0.3, 0.4) is 0 Å². The number of carbonyl (C=O) groups is 2. The van der Waals surface area contributed by atoms with Crippen molar-refractivity contribution in [2.24, 2.45) is 0 Å². The van der Waals surface area contributed by atoms with Crippen molar-refractivity contribution in [1.29, 1.82) is 0 Å². The molecule has 2 amide bonds. The number of anilines is 2. The van der Waals surface area contributed by atoms with Crippen LogP contribution >= 0.6 is 12.2 Å². The fraction of sp³-hybridized carbons (Fsp3) is 0.455. The number of hydrogen-bond donors (Lipinski definition) is 2. The van der Waals surface area contributed by atoms with Gasteiger partial charge in [-0.1, -0.05) is 0 Å². The maximum absolute atomic E-state index is 15.1. The lowest BCUT2D eigenvalue weighted by Crippen LogP contribution is -2.43. The Morgan fingerprint density at radius 2 is 2.23 bits per heavy atom. The molecule has 2 fully saturated rings. The highest BCUT2D eigenvalue weighted by atomic mass is 32.1. The van der Waals surface area contributed by atoms with E-state index in [-0.39, 0.29) is 17.6 Å². The quantitative estimate of drug-likeness (QED) is 0.536. The van der Waals surface area contributed by atoms with Crippen molar-refractivity contribution >= 4 is 40.8 Å². The molecule has 0 unspecified atom stereocenters. The predicted molar refractivity (Wildman–Crippen MR) is 130 cm³/mol. The molecule has 0 radical (unpaired) electrons. The van der Waals surface area contributed by atoms with Crippen LogP contribution in [0.15, 0.2) is 36.7 Å². The van der Waals surface area contributed by atoms with Crippen molar-refractivity contribution in [1.82, 2.24) is 25.5 Å². The van der Waals surface area contributed by atoms with Crippen molar-refractivity contribution < 1.29 is 23.5 Å². The predicted octanol–water partition coefficient (Wildman–Crippen LogP) is 1.11. The van der Waals surface area contributed by atoms with Gasteiger partial charge in [0.15, 0.2) is 0 Å². The van der Waals surface area contributed by atoms with Crippen LogP contribution in [-0.4, -0.2) is 84.4 Å². The number of hydrogen-bond acceptors (Lipinski definition) is 8. The number of cyclic esters (lactones) is 1. The Bertz CT molecular complexity index is 1050. The summed E-state index contributed by atoms with van der Waals surface area (Å²) in [6, 6.07) is 6.49. The van der Waals surface area contributed by atoms with Crippen molar-refractivity contribution in [3.05, 3.63) is 42.5 Å². The van der Waals surface area contributed by atoms with Crippen molar-refractivity contribution in [3.8, 4) is 0 Å². The Balaban J connectivity index is 1.33. The molecule has 0 saturated carbocycles. The number of hydrazine groups is 1. The van der Waals surface area contributed by atoms with Gasteiger partial charge in [0.2, 0.25) is 5.91 Å². The number of nitrogens with one attached hydrogen (secondary N) is 2. The number of carbonyl (C=O) groups excluding carboxylic acids is 2. The summed E-state index contributed by atoms with van der Waals surface area (Å²) in [7, 11) is 1.45. The molecule has 1 aromatic heterocycles. The molecule has 2 aliphatic rings. The summed E-state index contributed by atoms with van der Waals surface area (Å²) < 4.78 is 27.0. The summed E-state index contributed by atoms with van der Waals surface area (Å²) in [6.07, 6.45) is 2.82. The van der Waals surface area contributed by atoms with E-state index in [0.29, 0.717) is 57.1 Å². The molecule has 13 heteroatoms. The third-order valence-electron chi connectivity index (χ3n) is 5.81. The van der Waals surface area contributed by atoms with E-state index >= 15 is 4.39 Å². The molecule has 4 rings (SSSR count). The number of ether oxygens (including phenoxy) is 2. The van der Waals surface area contributed by atoms with Crippen LogP contribution < -0.4 is 20.5 Å². The van der Waals surface area contributed by atoms with Gasteiger partial charge in [0.1, 0.15) is 11.9 Å². The van der Waals surface area contributed by atoms with E-state index in [4.69, 9.17) is 21.7 Å². The molecule has 2 aliphatic heterocycles. The average Bonchev–Trinajstić information content (AvgIpc) is 3.44. The van der Waals surface area contributed by atoms with Gasteiger partial charge >= 0.3 is 6.09 Å². The second kappa shape index (κ2) is 11.3. The van der Waals surface area contributed by atoms with Crippen LogP contribution in [0, 0.1) is 5.82 Å². The third kappa shape index (κ3) is 6.17. The maximum Gasteiger partial charge on any atom is 0.414 e. The number of amides is 2. The SMILES string of the molecule is COC(=S)NC[C@H]1CN(c2ccc(N3CCNN(C(=O)CCn4cccn4)CC3)c(F)c2)C(=O)O1. The summed E-state index contributed by atoms with van der Waals surface area (Å²) in [5.41, 5.74) is 3.95. The minimum atomic E-state index is -0.546. The molecule has 188 valence electrons. The number of aromatic nitrogens is 2. The van der Waals surface area contributed by atoms with E-state index in [1.807, 2.05) is 17.2 Å². The zero-order valence-electron chi connectivity index (χ0n) is 19.4. The fourth-order valence-electron chi connectivity index (χ4n) is 3.99. The number of nitrogens with zero attached hydrogens (tertiary/aromatic N) is 5. The minimum Gasteiger partial charge on any atom is -0.474 e. The molecule has 1 atom stereocenters. The first kappa shape index (κ1) is 24.7. The third-order valence-corrected chi connectivity index (χ3v) is 6.12. The highest BCUT2D eigenvalue weighted by Crippen LogP contribution is 2.28. The van der Waals surface area contributed by atoms with Gasteiger partial charge in [-0.25, -0.2) is 14.6 Å². The highest BCUT2D eigenvalue weighted by Gasteiger charge is 2.33. The van der Waals surface area contributed by atoms with Gasteiger partial charge in [-0.3, -0.25) is 19.4 Å². The maximum atomic E-state index is 15.1. The fourth-order valence-corrected chi connectivity index (χ4v) is 4.07. The van der Waals surface area contributed by atoms with Gasteiger partial charge in [-0.15, -0.1) is 0 Å². The van der Waals surface area contributed by atoms with Crippen molar-refractivity contribution in [3.63, 3.8) is 0 Å². The number of rotatable bonds is 7. The molecule has 0 bridgehead atoms. The Morgan fingerprint density at radius 1 is 1.37 bits per heavy atom. The summed E-state index contributed by atoms with van der Waals surface area (Å²) in [5.74, 6) is -0.489. The second-order valence-electron chi connectivity index (χ2n) is 8.08. The normalized spacial score (nSPS) is 18.3. The van der Waals surface area contributed by atoms with Crippen LogP contribution in [0.25, 0.3) is 0 Å². The molecule has 3 heterocycles. The van der Waals surface area contributed by atoms with Gasteiger partial charge in [0, 0.05) is 45.0 Å². The van der Waals surface area contributed by atoms with Gasteiger partial charge < -0.3 is 19.7 Å². The monoisotopic (exact) mass is 505 g/mol. The Kier molecular flexibility index (Phi) is 7.98. The topological polar surface area (TPSA) is 104 Å². The van der Waals surface area contributed by atoms with Gasteiger partial charge in [0.05, 0.1) is 38.1 Å². The number of halogens is 1. The van der Waals surface area contributed by atoms with E-state index in [0.717, 1.165) is 0 Å².